The summed E-state index contributed by atoms with van der Waals surface area (Å²) in [7, 11) is 1.45. The predicted octanol–water partition coefficient (Wildman–Crippen LogP) is 0.788. The van der Waals surface area contributed by atoms with Crippen molar-refractivity contribution in [1.29, 1.82) is 5.26 Å². The van der Waals surface area contributed by atoms with E-state index in [4.69, 9.17) is 10.00 Å². The molecule has 1 heterocycles. The first kappa shape index (κ1) is 14.2. The number of hydrogen-bond donors (Lipinski definition) is 1. The number of halogens is 2. The monoisotopic (exact) mass is 281 g/mol. The number of amides is 1. The Morgan fingerprint density at radius 3 is 2.70 bits per heavy atom. The van der Waals surface area contributed by atoms with Gasteiger partial charge in [-0.2, -0.15) is 5.26 Å². The molecule has 1 aromatic carbocycles. The molecule has 106 valence electrons. The quantitative estimate of drug-likeness (QED) is 0.870. The van der Waals surface area contributed by atoms with Crippen LogP contribution in [-0.4, -0.2) is 38.8 Å². The first-order valence-corrected chi connectivity index (χ1v) is 6.03. The fourth-order valence-electron chi connectivity index (χ4n) is 2.16. The molecule has 1 N–H and O–H groups in total. The van der Waals surface area contributed by atoms with Gasteiger partial charge in [0, 0.05) is 13.6 Å². The Bertz CT molecular complexity index is 548. The molecule has 20 heavy (non-hydrogen) atoms. The first-order valence-electron chi connectivity index (χ1n) is 6.03. The molecule has 0 radical (unpaired) electrons. The van der Waals surface area contributed by atoms with Crippen LogP contribution in [-0.2, 0) is 9.53 Å². The molecule has 1 fully saturated rings. The number of nitrogens with zero attached hydrogens (tertiary/aromatic N) is 2. The number of carbonyl (C=O) groups is 1. The molecule has 0 aromatic heterocycles. The first-order chi connectivity index (χ1) is 9.58. The molecular weight excluding hydrogens is 268 g/mol. The lowest BCUT2D eigenvalue weighted by Crippen LogP contribution is -2.54. The van der Waals surface area contributed by atoms with E-state index < -0.39 is 17.7 Å². The molecule has 1 saturated heterocycles. The highest BCUT2D eigenvalue weighted by Crippen LogP contribution is 2.28. The third-order valence-corrected chi connectivity index (χ3v) is 3.11. The number of morpholine rings is 1. The maximum absolute atomic E-state index is 14.0. The largest absolute Gasteiger partial charge is 0.377 e. The molecule has 0 bridgehead atoms. The number of likely N-dealkylation sites (N-methyl/N-ethyl adjacent to an activating group) is 1. The molecule has 1 aromatic rings. The smallest absolute Gasteiger partial charge is 0.244 e. The van der Waals surface area contributed by atoms with Crippen LogP contribution in [0.3, 0.4) is 0 Å². The molecule has 0 saturated carbocycles. The maximum Gasteiger partial charge on any atom is 0.244 e. The number of anilines is 1. The summed E-state index contributed by atoms with van der Waals surface area (Å²) < 4.78 is 33.2. The molecule has 1 aliphatic rings. The molecule has 2 rings (SSSR count). The highest BCUT2D eigenvalue weighted by atomic mass is 19.1. The highest BCUT2D eigenvalue weighted by molar-refractivity contribution is 5.85. The van der Waals surface area contributed by atoms with Gasteiger partial charge in [-0.3, -0.25) is 4.79 Å². The van der Waals surface area contributed by atoms with Crippen molar-refractivity contribution in [1.82, 2.24) is 5.32 Å². The predicted molar refractivity (Wildman–Crippen MR) is 67.1 cm³/mol. The van der Waals surface area contributed by atoms with Gasteiger partial charge in [-0.15, -0.1) is 0 Å². The molecule has 1 aliphatic heterocycles. The lowest BCUT2D eigenvalue weighted by molar-refractivity contribution is -0.124. The summed E-state index contributed by atoms with van der Waals surface area (Å²) in [5, 5.41) is 11.1. The zero-order valence-corrected chi connectivity index (χ0v) is 10.8. The standard InChI is InChI=1S/C13H13F2N3O2/c1-17-13(19)11-7-20-3-2-18(11)12-9(14)4-8(6-16)5-10(12)15/h4-5,11H,2-3,7H2,1H3,(H,17,19). The summed E-state index contributed by atoms with van der Waals surface area (Å²) in [4.78, 5) is 13.1. The zero-order chi connectivity index (χ0) is 14.7. The molecular formula is C13H13F2N3O2. The third kappa shape index (κ3) is 2.56. The summed E-state index contributed by atoms with van der Waals surface area (Å²) >= 11 is 0. The van der Waals surface area contributed by atoms with Crippen LogP contribution in [0.25, 0.3) is 0 Å². The van der Waals surface area contributed by atoms with Crippen molar-refractivity contribution in [2.45, 2.75) is 6.04 Å². The van der Waals surface area contributed by atoms with Gasteiger partial charge >= 0.3 is 0 Å². The van der Waals surface area contributed by atoms with Crippen molar-refractivity contribution in [2.75, 3.05) is 31.7 Å². The van der Waals surface area contributed by atoms with E-state index in [9.17, 15) is 13.6 Å². The highest BCUT2D eigenvalue weighted by Gasteiger charge is 2.32. The molecule has 1 unspecified atom stereocenters. The Balaban J connectivity index is 2.43. The van der Waals surface area contributed by atoms with Gasteiger partial charge in [-0.05, 0) is 12.1 Å². The summed E-state index contributed by atoms with van der Waals surface area (Å²) in [6, 6.07) is 2.79. The lowest BCUT2D eigenvalue weighted by atomic mass is 10.1. The maximum atomic E-state index is 14.0. The number of ether oxygens (including phenoxy) is 1. The van der Waals surface area contributed by atoms with Crippen LogP contribution in [0.2, 0.25) is 0 Å². The number of carbonyl (C=O) groups excluding carboxylic acids is 1. The number of benzene rings is 1. The van der Waals surface area contributed by atoms with E-state index in [0.29, 0.717) is 0 Å². The SMILES string of the molecule is CNC(=O)C1COCCN1c1c(F)cc(C#N)cc1F. The van der Waals surface area contributed by atoms with E-state index in [1.165, 1.54) is 11.9 Å². The van der Waals surface area contributed by atoms with E-state index in [1.54, 1.807) is 6.07 Å². The van der Waals surface area contributed by atoms with Crippen molar-refractivity contribution >= 4 is 11.6 Å². The van der Waals surface area contributed by atoms with Gasteiger partial charge < -0.3 is 15.0 Å². The Morgan fingerprint density at radius 1 is 1.50 bits per heavy atom. The third-order valence-electron chi connectivity index (χ3n) is 3.11. The summed E-state index contributed by atoms with van der Waals surface area (Å²) in [5.41, 5.74) is -0.408. The fraction of sp³-hybridized carbons (Fsp3) is 0.385. The number of nitriles is 1. The van der Waals surface area contributed by atoms with Crippen molar-refractivity contribution in [2.24, 2.45) is 0 Å². The van der Waals surface area contributed by atoms with E-state index >= 15 is 0 Å². The molecule has 1 amide bonds. The van der Waals surface area contributed by atoms with Crippen molar-refractivity contribution in [3.63, 3.8) is 0 Å². The number of nitrogens with one attached hydrogen (secondary N) is 1. The second-order valence-corrected chi connectivity index (χ2v) is 4.30. The number of rotatable bonds is 2. The Morgan fingerprint density at radius 2 is 2.15 bits per heavy atom. The average Bonchev–Trinajstić information content (AvgIpc) is 2.46. The van der Waals surface area contributed by atoms with Gasteiger partial charge in [0.25, 0.3) is 0 Å². The Labute approximate surface area is 114 Å². The van der Waals surface area contributed by atoms with Gasteiger partial charge in [-0.25, -0.2) is 8.78 Å². The van der Waals surface area contributed by atoms with E-state index in [1.807, 2.05) is 0 Å². The van der Waals surface area contributed by atoms with E-state index in [2.05, 4.69) is 5.32 Å². The minimum absolute atomic E-state index is 0.0541. The molecule has 5 nitrogen and oxygen atoms in total. The average molecular weight is 281 g/mol. The van der Waals surface area contributed by atoms with Crippen LogP contribution in [0.4, 0.5) is 14.5 Å². The Hall–Kier alpha value is -2.20. The molecule has 1 atom stereocenters. The van der Waals surface area contributed by atoms with Gasteiger partial charge in [0.05, 0.1) is 24.8 Å². The van der Waals surface area contributed by atoms with Gasteiger partial charge in [0.2, 0.25) is 5.91 Å². The summed E-state index contributed by atoms with van der Waals surface area (Å²) in [6.07, 6.45) is 0. The normalized spacial score (nSPS) is 18.5. The second-order valence-electron chi connectivity index (χ2n) is 4.30. The van der Waals surface area contributed by atoms with Crippen molar-refractivity contribution < 1.29 is 18.3 Å². The molecule has 0 spiro atoms. The Kier molecular flexibility index (Phi) is 4.15. The molecule has 0 aliphatic carbocycles. The van der Waals surface area contributed by atoms with Crippen LogP contribution in [0.5, 0.6) is 0 Å². The van der Waals surface area contributed by atoms with Crippen LogP contribution < -0.4 is 10.2 Å². The summed E-state index contributed by atoms with van der Waals surface area (Å²) in [6.45, 7) is 0.517. The van der Waals surface area contributed by atoms with Crippen molar-refractivity contribution in [3.05, 3.63) is 29.3 Å². The van der Waals surface area contributed by atoms with Crippen LogP contribution in [0.15, 0.2) is 12.1 Å². The van der Waals surface area contributed by atoms with Gasteiger partial charge in [0.15, 0.2) is 11.6 Å². The minimum Gasteiger partial charge on any atom is -0.377 e. The number of hydrogen-bond acceptors (Lipinski definition) is 4. The van der Waals surface area contributed by atoms with Crippen LogP contribution in [0, 0.1) is 23.0 Å². The van der Waals surface area contributed by atoms with Gasteiger partial charge in [0.1, 0.15) is 11.7 Å². The van der Waals surface area contributed by atoms with Crippen LogP contribution in [0.1, 0.15) is 5.56 Å². The van der Waals surface area contributed by atoms with Gasteiger partial charge in [-0.1, -0.05) is 0 Å². The fourth-order valence-corrected chi connectivity index (χ4v) is 2.16. The zero-order valence-electron chi connectivity index (χ0n) is 10.8. The molecule has 7 heteroatoms. The van der Waals surface area contributed by atoms with E-state index in [-0.39, 0.29) is 36.9 Å². The second kappa shape index (κ2) is 5.84. The summed E-state index contributed by atoms with van der Waals surface area (Å²) in [5.74, 6) is -2.11. The minimum atomic E-state index is -0.864. The topological polar surface area (TPSA) is 65.4 Å². The van der Waals surface area contributed by atoms with Crippen molar-refractivity contribution in [3.8, 4) is 6.07 Å². The lowest BCUT2D eigenvalue weighted by Gasteiger charge is -2.36. The van der Waals surface area contributed by atoms with Crippen LogP contribution >= 0.6 is 0 Å². The van der Waals surface area contributed by atoms with E-state index in [0.717, 1.165) is 12.1 Å².